The van der Waals surface area contributed by atoms with Crippen LogP contribution in [-0.4, -0.2) is 11.9 Å². The van der Waals surface area contributed by atoms with E-state index in [1.807, 2.05) is 35.2 Å². The Morgan fingerprint density at radius 1 is 1.32 bits per heavy atom. The van der Waals surface area contributed by atoms with E-state index in [4.69, 9.17) is 0 Å². The molecule has 0 saturated heterocycles. The molecule has 0 bridgehead atoms. The lowest BCUT2D eigenvalue weighted by molar-refractivity contribution is -0.116. The van der Waals surface area contributed by atoms with Crippen LogP contribution in [0, 0.1) is 5.92 Å². The van der Waals surface area contributed by atoms with Gasteiger partial charge in [0.2, 0.25) is 5.91 Å². The summed E-state index contributed by atoms with van der Waals surface area (Å²) < 4.78 is 0. The summed E-state index contributed by atoms with van der Waals surface area (Å²) in [6.45, 7) is 13.6. The molecule has 2 heteroatoms. The monoisotopic (exact) mass is 257 g/mol. The molecule has 102 valence electrons. The van der Waals surface area contributed by atoms with E-state index < -0.39 is 0 Å². The van der Waals surface area contributed by atoms with Crippen molar-refractivity contribution in [3.05, 3.63) is 49.1 Å². The second kappa shape index (κ2) is 6.93. The Morgan fingerprint density at radius 3 is 2.42 bits per heavy atom. The Kier molecular flexibility index (Phi) is 5.56. The summed E-state index contributed by atoms with van der Waals surface area (Å²) >= 11 is 0. The number of anilines is 1. The van der Waals surface area contributed by atoms with Gasteiger partial charge >= 0.3 is 0 Å². The first-order chi connectivity index (χ1) is 9.01. The molecule has 0 saturated carbocycles. The molecule has 1 atom stereocenters. The van der Waals surface area contributed by atoms with Crippen LogP contribution >= 0.6 is 0 Å². The van der Waals surface area contributed by atoms with Crippen molar-refractivity contribution in [2.45, 2.75) is 33.2 Å². The topological polar surface area (TPSA) is 20.3 Å². The van der Waals surface area contributed by atoms with Crippen molar-refractivity contribution >= 4 is 17.7 Å². The third-order valence-corrected chi connectivity index (χ3v) is 3.07. The van der Waals surface area contributed by atoms with Gasteiger partial charge in [-0.1, -0.05) is 50.8 Å². The summed E-state index contributed by atoms with van der Waals surface area (Å²) in [5.74, 6) is 0.528. The van der Waals surface area contributed by atoms with Crippen LogP contribution in [-0.2, 0) is 4.79 Å². The maximum absolute atomic E-state index is 12.0. The lowest BCUT2D eigenvalue weighted by atomic mass is 10.0. The number of nitrogens with zero attached hydrogens (tertiary/aromatic N) is 1. The molecule has 1 aromatic rings. The summed E-state index contributed by atoms with van der Waals surface area (Å²) in [4.78, 5) is 13.8. The SMILES string of the molecule is C=Cc1ccccc1N(C(C)=O)C(C=C)CC(C)C. The predicted octanol–water partition coefficient (Wildman–Crippen LogP) is 4.28. The fraction of sp³-hybridized carbons (Fsp3) is 0.353. The molecule has 0 aliphatic heterocycles. The average molecular weight is 257 g/mol. The van der Waals surface area contributed by atoms with Gasteiger partial charge in [0, 0.05) is 6.92 Å². The predicted molar refractivity (Wildman–Crippen MR) is 83.1 cm³/mol. The second-order valence-electron chi connectivity index (χ2n) is 5.08. The van der Waals surface area contributed by atoms with Crippen LogP contribution in [0.2, 0.25) is 0 Å². The van der Waals surface area contributed by atoms with Crippen LogP contribution < -0.4 is 4.90 Å². The lowest BCUT2D eigenvalue weighted by Gasteiger charge is -2.31. The van der Waals surface area contributed by atoms with Crippen LogP contribution in [0.25, 0.3) is 6.08 Å². The minimum Gasteiger partial charge on any atom is -0.305 e. The van der Waals surface area contributed by atoms with Crippen molar-refractivity contribution in [2.24, 2.45) is 5.92 Å². The number of carbonyl (C=O) groups excluding carboxylic acids is 1. The molecular weight excluding hydrogens is 234 g/mol. The Labute approximate surface area is 116 Å². The van der Waals surface area contributed by atoms with Gasteiger partial charge in [0.25, 0.3) is 0 Å². The quantitative estimate of drug-likeness (QED) is 0.696. The molecule has 1 amide bonds. The van der Waals surface area contributed by atoms with Crippen molar-refractivity contribution in [2.75, 3.05) is 4.90 Å². The first-order valence-electron chi connectivity index (χ1n) is 6.65. The smallest absolute Gasteiger partial charge is 0.224 e. The molecule has 0 spiro atoms. The molecule has 1 unspecified atom stereocenters. The van der Waals surface area contributed by atoms with Gasteiger partial charge in [-0.25, -0.2) is 0 Å². The molecule has 0 radical (unpaired) electrons. The van der Waals surface area contributed by atoms with Crippen LogP contribution in [0.3, 0.4) is 0 Å². The molecule has 0 fully saturated rings. The van der Waals surface area contributed by atoms with Crippen molar-refractivity contribution in [1.82, 2.24) is 0 Å². The highest BCUT2D eigenvalue weighted by Gasteiger charge is 2.22. The van der Waals surface area contributed by atoms with E-state index in [-0.39, 0.29) is 11.9 Å². The standard InChI is InChI=1S/C17H23NO/c1-6-15-10-8-9-11-17(15)18(14(5)19)16(7-2)12-13(3)4/h6-11,13,16H,1-2,12H2,3-5H3. The van der Waals surface area contributed by atoms with Crippen molar-refractivity contribution < 1.29 is 4.79 Å². The van der Waals surface area contributed by atoms with Crippen LogP contribution in [0.1, 0.15) is 32.8 Å². The fourth-order valence-corrected chi connectivity index (χ4v) is 2.25. The molecule has 1 aromatic carbocycles. The zero-order chi connectivity index (χ0) is 14.4. The maximum Gasteiger partial charge on any atom is 0.224 e. The summed E-state index contributed by atoms with van der Waals surface area (Å²) in [5, 5.41) is 0. The molecule has 19 heavy (non-hydrogen) atoms. The number of rotatable bonds is 6. The molecule has 0 aromatic heterocycles. The average Bonchev–Trinajstić information content (AvgIpc) is 2.37. The van der Waals surface area contributed by atoms with E-state index in [1.165, 1.54) is 0 Å². The van der Waals surface area contributed by atoms with Crippen LogP contribution in [0.15, 0.2) is 43.5 Å². The van der Waals surface area contributed by atoms with Gasteiger partial charge in [0.05, 0.1) is 11.7 Å². The van der Waals surface area contributed by atoms with Gasteiger partial charge in [-0.05, 0) is 24.0 Å². The second-order valence-corrected chi connectivity index (χ2v) is 5.08. The van der Waals surface area contributed by atoms with Gasteiger partial charge < -0.3 is 4.90 Å². The minimum absolute atomic E-state index is 0.0126. The summed E-state index contributed by atoms with van der Waals surface area (Å²) in [7, 11) is 0. The summed E-state index contributed by atoms with van der Waals surface area (Å²) in [6.07, 6.45) is 4.52. The number of para-hydroxylation sites is 1. The lowest BCUT2D eigenvalue weighted by Crippen LogP contribution is -2.39. The zero-order valence-corrected chi connectivity index (χ0v) is 12.1. The molecule has 0 heterocycles. The molecule has 0 N–H and O–H groups in total. The molecular formula is C17H23NO. The van der Waals surface area contributed by atoms with Crippen LogP contribution in [0.4, 0.5) is 5.69 Å². The third kappa shape index (κ3) is 3.82. The number of benzene rings is 1. The zero-order valence-electron chi connectivity index (χ0n) is 12.1. The summed E-state index contributed by atoms with van der Waals surface area (Å²) in [5.41, 5.74) is 1.86. The Hall–Kier alpha value is -1.83. The molecule has 2 nitrogen and oxygen atoms in total. The fourth-order valence-electron chi connectivity index (χ4n) is 2.25. The molecule has 0 aliphatic rings. The highest BCUT2D eigenvalue weighted by molar-refractivity contribution is 5.94. The van der Waals surface area contributed by atoms with Gasteiger partial charge in [0.15, 0.2) is 0 Å². The number of carbonyl (C=O) groups is 1. The number of hydrogen-bond acceptors (Lipinski definition) is 1. The van der Waals surface area contributed by atoms with Gasteiger partial charge in [-0.3, -0.25) is 4.79 Å². The van der Waals surface area contributed by atoms with E-state index in [0.717, 1.165) is 17.7 Å². The molecule has 0 aliphatic carbocycles. The molecule has 1 rings (SSSR count). The van der Waals surface area contributed by atoms with E-state index in [0.29, 0.717) is 5.92 Å². The Bertz CT molecular complexity index is 462. The highest BCUT2D eigenvalue weighted by Crippen LogP contribution is 2.26. The van der Waals surface area contributed by atoms with Crippen molar-refractivity contribution in [3.63, 3.8) is 0 Å². The minimum atomic E-state index is 0.0126. The van der Waals surface area contributed by atoms with E-state index in [2.05, 4.69) is 27.0 Å². The van der Waals surface area contributed by atoms with Crippen molar-refractivity contribution in [3.8, 4) is 0 Å². The Balaban J connectivity index is 3.22. The normalized spacial score (nSPS) is 12.0. The van der Waals surface area contributed by atoms with E-state index >= 15 is 0 Å². The van der Waals surface area contributed by atoms with E-state index in [1.54, 1.807) is 13.0 Å². The maximum atomic E-state index is 12.0. The largest absolute Gasteiger partial charge is 0.305 e. The first kappa shape index (κ1) is 15.2. The van der Waals surface area contributed by atoms with Gasteiger partial charge in [-0.15, -0.1) is 6.58 Å². The third-order valence-electron chi connectivity index (χ3n) is 3.07. The Morgan fingerprint density at radius 2 is 1.95 bits per heavy atom. The summed E-state index contributed by atoms with van der Waals surface area (Å²) in [6, 6.07) is 7.82. The van der Waals surface area contributed by atoms with E-state index in [9.17, 15) is 4.79 Å². The van der Waals surface area contributed by atoms with Crippen molar-refractivity contribution in [1.29, 1.82) is 0 Å². The number of hydrogen-bond donors (Lipinski definition) is 0. The van der Waals surface area contributed by atoms with Gasteiger partial charge in [-0.2, -0.15) is 0 Å². The first-order valence-corrected chi connectivity index (χ1v) is 6.65. The highest BCUT2D eigenvalue weighted by atomic mass is 16.2. The van der Waals surface area contributed by atoms with Crippen LogP contribution in [0.5, 0.6) is 0 Å². The van der Waals surface area contributed by atoms with Gasteiger partial charge in [0.1, 0.15) is 0 Å². The number of amides is 1.